The van der Waals surface area contributed by atoms with E-state index in [9.17, 15) is 0 Å². The van der Waals surface area contributed by atoms with E-state index in [0.717, 1.165) is 12.1 Å². The molecule has 0 spiro atoms. The molecular formula is C13H21N3S. The first kappa shape index (κ1) is 11.6. The Labute approximate surface area is 107 Å². The van der Waals surface area contributed by atoms with Crippen molar-refractivity contribution >= 4 is 11.3 Å². The highest BCUT2D eigenvalue weighted by molar-refractivity contribution is 7.09. The van der Waals surface area contributed by atoms with Gasteiger partial charge in [-0.1, -0.05) is 6.92 Å². The Morgan fingerprint density at radius 3 is 3.00 bits per heavy atom. The molecule has 1 aromatic heterocycles. The molecule has 2 atom stereocenters. The first-order chi connectivity index (χ1) is 8.36. The number of likely N-dealkylation sites (tertiary alicyclic amines) is 1. The summed E-state index contributed by atoms with van der Waals surface area (Å²) in [6, 6.07) is 2.09. The van der Waals surface area contributed by atoms with E-state index in [1.807, 2.05) is 6.20 Å². The maximum atomic E-state index is 4.49. The Morgan fingerprint density at radius 1 is 1.47 bits per heavy atom. The Balaban J connectivity index is 1.59. The largest absolute Gasteiger partial charge is 0.310 e. The van der Waals surface area contributed by atoms with E-state index in [2.05, 4.69) is 27.5 Å². The number of hydrogen-bond acceptors (Lipinski definition) is 4. The average Bonchev–Trinajstić information content (AvgIpc) is 2.82. The predicted octanol–water partition coefficient (Wildman–Crippen LogP) is 2.42. The van der Waals surface area contributed by atoms with Crippen LogP contribution in [0.1, 0.15) is 43.7 Å². The summed E-state index contributed by atoms with van der Waals surface area (Å²) in [5.74, 6) is 0. The summed E-state index contributed by atoms with van der Waals surface area (Å²) in [4.78, 5) is 7.10. The zero-order chi connectivity index (χ0) is 11.7. The number of nitrogens with zero attached hydrogens (tertiary/aromatic N) is 2. The van der Waals surface area contributed by atoms with Gasteiger partial charge < -0.3 is 5.32 Å². The molecule has 1 N–H and O–H groups in total. The molecule has 0 aromatic carbocycles. The van der Waals surface area contributed by atoms with Crippen LogP contribution in [-0.4, -0.2) is 35.1 Å². The molecule has 4 heteroatoms. The first-order valence-electron chi connectivity index (χ1n) is 6.76. The molecule has 1 aromatic rings. The summed E-state index contributed by atoms with van der Waals surface area (Å²) >= 11 is 1.80. The van der Waals surface area contributed by atoms with Crippen molar-refractivity contribution in [2.75, 3.05) is 13.1 Å². The van der Waals surface area contributed by atoms with Crippen LogP contribution in [0.4, 0.5) is 0 Å². The molecule has 17 heavy (non-hydrogen) atoms. The molecule has 1 saturated carbocycles. The van der Waals surface area contributed by atoms with Crippen LogP contribution in [0.2, 0.25) is 0 Å². The van der Waals surface area contributed by atoms with E-state index < -0.39 is 0 Å². The van der Waals surface area contributed by atoms with Crippen LogP contribution in [0, 0.1) is 0 Å². The van der Waals surface area contributed by atoms with Gasteiger partial charge in [0, 0.05) is 36.8 Å². The SMILES string of the molecule is CCC(c1nccs1)N1CCC(NC2CC2)C1. The van der Waals surface area contributed by atoms with Crippen molar-refractivity contribution in [3.8, 4) is 0 Å². The number of thiazole rings is 1. The summed E-state index contributed by atoms with van der Waals surface area (Å²) < 4.78 is 0. The highest BCUT2D eigenvalue weighted by Gasteiger charge is 2.32. The highest BCUT2D eigenvalue weighted by atomic mass is 32.1. The lowest BCUT2D eigenvalue weighted by Crippen LogP contribution is -2.35. The monoisotopic (exact) mass is 251 g/mol. The molecule has 2 heterocycles. The van der Waals surface area contributed by atoms with Gasteiger partial charge in [-0.05, 0) is 25.7 Å². The van der Waals surface area contributed by atoms with Gasteiger partial charge in [0.15, 0.2) is 0 Å². The maximum Gasteiger partial charge on any atom is 0.110 e. The molecule has 0 bridgehead atoms. The smallest absolute Gasteiger partial charge is 0.110 e. The normalized spacial score (nSPS) is 27.5. The van der Waals surface area contributed by atoms with Gasteiger partial charge in [0.25, 0.3) is 0 Å². The van der Waals surface area contributed by atoms with Gasteiger partial charge in [-0.2, -0.15) is 0 Å². The molecule has 1 aliphatic carbocycles. The first-order valence-corrected chi connectivity index (χ1v) is 7.64. The summed E-state index contributed by atoms with van der Waals surface area (Å²) in [5.41, 5.74) is 0. The summed E-state index contributed by atoms with van der Waals surface area (Å²) in [6.45, 7) is 4.70. The molecule has 94 valence electrons. The van der Waals surface area contributed by atoms with Gasteiger partial charge in [0.2, 0.25) is 0 Å². The van der Waals surface area contributed by atoms with Crippen molar-refractivity contribution < 1.29 is 0 Å². The van der Waals surface area contributed by atoms with Crippen molar-refractivity contribution in [2.24, 2.45) is 0 Å². The minimum Gasteiger partial charge on any atom is -0.310 e. The fourth-order valence-corrected chi connectivity index (χ4v) is 3.63. The van der Waals surface area contributed by atoms with Gasteiger partial charge in [-0.15, -0.1) is 11.3 Å². The Morgan fingerprint density at radius 2 is 2.35 bits per heavy atom. The fourth-order valence-electron chi connectivity index (χ4n) is 2.78. The molecule has 2 unspecified atom stereocenters. The minimum absolute atomic E-state index is 0.543. The van der Waals surface area contributed by atoms with Gasteiger partial charge >= 0.3 is 0 Å². The summed E-state index contributed by atoms with van der Waals surface area (Å²) in [7, 11) is 0. The highest BCUT2D eigenvalue weighted by Crippen LogP contribution is 2.30. The third kappa shape index (κ3) is 2.69. The van der Waals surface area contributed by atoms with Gasteiger partial charge in [-0.3, -0.25) is 4.90 Å². The van der Waals surface area contributed by atoms with E-state index in [0.29, 0.717) is 6.04 Å². The average molecular weight is 251 g/mol. The zero-order valence-electron chi connectivity index (χ0n) is 10.4. The molecule has 3 nitrogen and oxygen atoms in total. The van der Waals surface area contributed by atoms with Crippen molar-refractivity contribution in [3.05, 3.63) is 16.6 Å². The van der Waals surface area contributed by atoms with Crippen molar-refractivity contribution in [3.63, 3.8) is 0 Å². The number of rotatable bonds is 5. The van der Waals surface area contributed by atoms with Gasteiger partial charge in [-0.25, -0.2) is 4.98 Å². The van der Waals surface area contributed by atoms with E-state index in [-0.39, 0.29) is 0 Å². The molecule has 3 rings (SSSR count). The Bertz CT molecular complexity index is 348. The van der Waals surface area contributed by atoms with E-state index in [4.69, 9.17) is 0 Å². The van der Waals surface area contributed by atoms with Gasteiger partial charge in [0.05, 0.1) is 6.04 Å². The Hall–Kier alpha value is -0.450. The van der Waals surface area contributed by atoms with Crippen molar-refractivity contribution in [1.29, 1.82) is 0 Å². The van der Waals surface area contributed by atoms with E-state index in [1.54, 1.807) is 11.3 Å². The number of nitrogens with one attached hydrogen (secondary N) is 1. The second-order valence-electron chi connectivity index (χ2n) is 5.22. The van der Waals surface area contributed by atoms with Crippen LogP contribution < -0.4 is 5.32 Å². The second-order valence-corrected chi connectivity index (χ2v) is 6.14. The van der Waals surface area contributed by atoms with Crippen molar-refractivity contribution in [1.82, 2.24) is 15.2 Å². The van der Waals surface area contributed by atoms with Crippen LogP contribution in [0.15, 0.2) is 11.6 Å². The predicted molar refractivity (Wildman–Crippen MR) is 71.3 cm³/mol. The van der Waals surface area contributed by atoms with Crippen LogP contribution in [0.25, 0.3) is 0 Å². The fraction of sp³-hybridized carbons (Fsp3) is 0.769. The summed E-state index contributed by atoms with van der Waals surface area (Å²) in [5, 5.41) is 7.13. The number of aromatic nitrogens is 1. The van der Waals surface area contributed by atoms with Crippen LogP contribution >= 0.6 is 11.3 Å². The standard InChI is InChI=1S/C13H21N3S/c1-2-12(13-14-6-8-17-13)16-7-5-11(9-16)15-10-3-4-10/h6,8,10-12,15H,2-5,7,9H2,1H3. The Kier molecular flexibility index (Phi) is 3.45. The van der Waals surface area contributed by atoms with Crippen LogP contribution in [0.5, 0.6) is 0 Å². The van der Waals surface area contributed by atoms with Gasteiger partial charge in [0.1, 0.15) is 5.01 Å². The molecule has 2 aliphatic rings. The lowest BCUT2D eigenvalue weighted by Gasteiger charge is -2.25. The third-order valence-electron chi connectivity index (χ3n) is 3.83. The molecule has 1 aliphatic heterocycles. The van der Waals surface area contributed by atoms with Crippen LogP contribution in [0.3, 0.4) is 0 Å². The zero-order valence-corrected chi connectivity index (χ0v) is 11.2. The quantitative estimate of drug-likeness (QED) is 0.871. The second kappa shape index (κ2) is 5.04. The lowest BCUT2D eigenvalue weighted by atomic mass is 10.2. The summed E-state index contributed by atoms with van der Waals surface area (Å²) in [6.07, 6.45) is 7.18. The molecule has 0 amide bonds. The molecule has 0 radical (unpaired) electrons. The molecule has 1 saturated heterocycles. The lowest BCUT2D eigenvalue weighted by molar-refractivity contribution is 0.232. The van der Waals surface area contributed by atoms with E-state index >= 15 is 0 Å². The third-order valence-corrected chi connectivity index (χ3v) is 4.71. The van der Waals surface area contributed by atoms with Crippen LogP contribution in [-0.2, 0) is 0 Å². The molecular weight excluding hydrogens is 230 g/mol. The topological polar surface area (TPSA) is 28.2 Å². The minimum atomic E-state index is 0.543. The van der Waals surface area contributed by atoms with E-state index in [1.165, 1.54) is 43.8 Å². The maximum absolute atomic E-state index is 4.49. The number of hydrogen-bond donors (Lipinski definition) is 1. The van der Waals surface area contributed by atoms with Crippen molar-refractivity contribution in [2.45, 2.75) is 50.7 Å². The molecule has 2 fully saturated rings.